The first kappa shape index (κ1) is 14.4. The molecule has 1 amide bonds. The van der Waals surface area contributed by atoms with E-state index < -0.39 is 12.5 Å². The maximum atomic E-state index is 12.2. The molecule has 0 aliphatic carbocycles. The van der Waals surface area contributed by atoms with Gasteiger partial charge in [0.25, 0.3) is 5.91 Å². The van der Waals surface area contributed by atoms with Gasteiger partial charge < -0.3 is 15.2 Å². The summed E-state index contributed by atoms with van der Waals surface area (Å²) in [5.74, 6) is -0.673. The first-order chi connectivity index (χ1) is 8.54. The number of para-hydroxylation sites is 1. The van der Waals surface area contributed by atoms with Gasteiger partial charge in [0.15, 0.2) is 0 Å². The number of aliphatic hydroxyl groups is 1. The van der Waals surface area contributed by atoms with Gasteiger partial charge in [0, 0.05) is 12.6 Å². The number of hydrogen-bond acceptors (Lipinski definition) is 3. The lowest BCUT2D eigenvalue weighted by Crippen LogP contribution is -2.33. The predicted molar refractivity (Wildman–Crippen MR) is 61.7 cm³/mol. The lowest BCUT2D eigenvalue weighted by Gasteiger charge is -2.14. The number of hydrogen-bond donors (Lipinski definition) is 2. The molecule has 0 aliphatic rings. The zero-order valence-corrected chi connectivity index (χ0v) is 9.90. The van der Waals surface area contributed by atoms with Crippen molar-refractivity contribution in [2.24, 2.45) is 0 Å². The average Bonchev–Trinajstić information content (AvgIpc) is 2.28. The maximum Gasteiger partial charge on any atom is 0.387 e. The number of halogens is 2. The molecule has 1 unspecified atom stereocenters. The SMILES string of the molecule is CC(CCO)NC(=O)c1ccccc1OC(F)F. The predicted octanol–water partition coefficient (Wildman–Crippen LogP) is 1.79. The van der Waals surface area contributed by atoms with E-state index in [2.05, 4.69) is 10.1 Å². The number of benzene rings is 1. The molecule has 0 bridgehead atoms. The molecular weight excluding hydrogens is 244 g/mol. The molecule has 1 aromatic carbocycles. The van der Waals surface area contributed by atoms with Crippen LogP contribution in [-0.4, -0.2) is 30.3 Å². The fraction of sp³-hybridized carbons (Fsp3) is 0.417. The van der Waals surface area contributed by atoms with E-state index in [1.165, 1.54) is 18.2 Å². The summed E-state index contributed by atoms with van der Waals surface area (Å²) in [5, 5.41) is 11.3. The van der Waals surface area contributed by atoms with E-state index in [4.69, 9.17) is 5.11 Å². The summed E-state index contributed by atoms with van der Waals surface area (Å²) in [6.07, 6.45) is 0.392. The van der Waals surface area contributed by atoms with Crippen LogP contribution in [0.25, 0.3) is 0 Å². The van der Waals surface area contributed by atoms with Gasteiger partial charge in [-0.15, -0.1) is 0 Å². The van der Waals surface area contributed by atoms with Crippen molar-refractivity contribution in [1.29, 1.82) is 0 Å². The van der Waals surface area contributed by atoms with Gasteiger partial charge in [-0.05, 0) is 25.5 Å². The molecule has 100 valence electrons. The van der Waals surface area contributed by atoms with Crippen molar-refractivity contribution in [3.8, 4) is 5.75 Å². The third-order valence-corrected chi connectivity index (χ3v) is 2.29. The molecule has 0 spiro atoms. The van der Waals surface area contributed by atoms with E-state index in [-0.39, 0.29) is 24.0 Å². The number of alkyl halides is 2. The van der Waals surface area contributed by atoms with Gasteiger partial charge in [0.05, 0.1) is 5.56 Å². The number of rotatable bonds is 6. The monoisotopic (exact) mass is 259 g/mol. The quantitative estimate of drug-likeness (QED) is 0.818. The summed E-state index contributed by atoms with van der Waals surface area (Å²) in [6, 6.07) is 5.52. The Kier molecular flexibility index (Phi) is 5.51. The van der Waals surface area contributed by atoms with Crippen LogP contribution in [0.5, 0.6) is 5.75 Å². The van der Waals surface area contributed by atoms with Crippen molar-refractivity contribution < 1.29 is 23.4 Å². The van der Waals surface area contributed by atoms with Crippen molar-refractivity contribution in [1.82, 2.24) is 5.32 Å². The minimum atomic E-state index is -2.98. The Bertz CT molecular complexity index is 399. The van der Waals surface area contributed by atoms with E-state index in [9.17, 15) is 13.6 Å². The molecule has 0 aliphatic heterocycles. The van der Waals surface area contributed by atoms with Crippen LogP contribution in [0.3, 0.4) is 0 Å². The third kappa shape index (κ3) is 4.29. The standard InChI is InChI=1S/C12H15F2NO3/c1-8(6-7-16)15-11(17)9-4-2-3-5-10(9)18-12(13)14/h2-5,8,12,16H,6-7H2,1H3,(H,15,17). The summed E-state index contributed by atoms with van der Waals surface area (Å²) >= 11 is 0. The highest BCUT2D eigenvalue weighted by Gasteiger charge is 2.16. The fourth-order valence-corrected chi connectivity index (χ4v) is 1.42. The van der Waals surface area contributed by atoms with Crippen molar-refractivity contribution >= 4 is 5.91 Å². The number of nitrogens with one attached hydrogen (secondary N) is 1. The molecule has 0 fully saturated rings. The second-order valence-electron chi connectivity index (χ2n) is 3.76. The Hall–Kier alpha value is -1.69. The van der Waals surface area contributed by atoms with Crippen molar-refractivity contribution in [2.75, 3.05) is 6.61 Å². The van der Waals surface area contributed by atoms with E-state index in [0.29, 0.717) is 6.42 Å². The van der Waals surface area contributed by atoms with Crippen LogP contribution in [0, 0.1) is 0 Å². The molecule has 0 saturated carbocycles. The van der Waals surface area contributed by atoms with Crippen LogP contribution in [0.15, 0.2) is 24.3 Å². The minimum absolute atomic E-state index is 0.0441. The van der Waals surface area contributed by atoms with Crippen LogP contribution in [0.1, 0.15) is 23.7 Å². The van der Waals surface area contributed by atoms with Crippen LogP contribution in [-0.2, 0) is 0 Å². The number of amides is 1. The van der Waals surface area contributed by atoms with Gasteiger partial charge in [-0.25, -0.2) is 0 Å². The average molecular weight is 259 g/mol. The molecule has 0 aromatic heterocycles. The first-order valence-corrected chi connectivity index (χ1v) is 5.50. The molecule has 0 heterocycles. The van der Waals surface area contributed by atoms with Gasteiger partial charge in [-0.3, -0.25) is 4.79 Å². The number of ether oxygens (including phenoxy) is 1. The van der Waals surface area contributed by atoms with E-state index in [1.807, 2.05) is 0 Å². The Morgan fingerprint density at radius 3 is 2.72 bits per heavy atom. The second-order valence-corrected chi connectivity index (χ2v) is 3.76. The van der Waals surface area contributed by atoms with Gasteiger partial charge in [0.1, 0.15) is 5.75 Å². The molecule has 1 atom stereocenters. The summed E-state index contributed by atoms with van der Waals surface area (Å²) < 4.78 is 28.6. The second kappa shape index (κ2) is 6.90. The van der Waals surface area contributed by atoms with Gasteiger partial charge >= 0.3 is 6.61 Å². The molecule has 1 aromatic rings. The molecule has 18 heavy (non-hydrogen) atoms. The molecule has 6 heteroatoms. The number of carbonyl (C=O) groups is 1. The van der Waals surface area contributed by atoms with Crippen molar-refractivity contribution in [3.05, 3.63) is 29.8 Å². The fourth-order valence-electron chi connectivity index (χ4n) is 1.42. The van der Waals surface area contributed by atoms with E-state index in [0.717, 1.165) is 0 Å². The molecule has 2 N–H and O–H groups in total. The highest BCUT2D eigenvalue weighted by Crippen LogP contribution is 2.20. The maximum absolute atomic E-state index is 12.2. The smallest absolute Gasteiger partial charge is 0.387 e. The topological polar surface area (TPSA) is 58.6 Å². The van der Waals surface area contributed by atoms with Crippen molar-refractivity contribution in [3.63, 3.8) is 0 Å². The largest absolute Gasteiger partial charge is 0.434 e. The molecule has 1 rings (SSSR count). The Morgan fingerprint density at radius 1 is 1.44 bits per heavy atom. The number of aliphatic hydroxyl groups excluding tert-OH is 1. The zero-order valence-electron chi connectivity index (χ0n) is 9.90. The van der Waals surface area contributed by atoms with E-state index in [1.54, 1.807) is 13.0 Å². The van der Waals surface area contributed by atoms with Gasteiger partial charge in [-0.2, -0.15) is 8.78 Å². The highest BCUT2D eigenvalue weighted by atomic mass is 19.3. The van der Waals surface area contributed by atoms with Crippen LogP contribution in [0.4, 0.5) is 8.78 Å². The zero-order chi connectivity index (χ0) is 13.5. The molecule has 0 saturated heterocycles. The van der Waals surface area contributed by atoms with Gasteiger partial charge in [-0.1, -0.05) is 12.1 Å². The van der Waals surface area contributed by atoms with Crippen LogP contribution >= 0.6 is 0 Å². The van der Waals surface area contributed by atoms with Crippen molar-refractivity contribution in [2.45, 2.75) is 26.0 Å². The first-order valence-electron chi connectivity index (χ1n) is 5.50. The van der Waals surface area contributed by atoms with Crippen LogP contribution in [0.2, 0.25) is 0 Å². The molecule has 4 nitrogen and oxygen atoms in total. The van der Waals surface area contributed by atoms with E-state index >= 15 is 0 Å². The summed E-state index contributed by atoms with van der Waals surface area (Å²) in [6.45, 7) is -1.32. The Labute approximate surface area is 104 Å². The number of carbonyl (C=O) groups excluding carboxylic acids is 1. The Balaban J connectivity index is 2.78. The lowest BCUT2D eigenvalue weighted by atomic mass is 10.1. The summed E-state index contributed by atoms with van der Waals surface area (Å²) in [4.78, 5) is 11.8. The summed E-state index contributed by atoms with van der Waals surface area (Å²) in [7, 11) is 0. The lowest BCUT2D eigenvalue weighted by molar-refractivity contribution is -0.0501. The highest BCUT2D eigenvalue weighted by molar-refractivity contribution is 5.97. The third-order valence-electron chi connectivity index (χ3n) is 2.29. The normalized spacial score (nSPS) is 12.3. The minimum Gasteiger partial charge on any atom is -0.434 e. The van der Waals surface area contributed by atoms with Crippen LogP contribution < -0.4 is 10.1 Å². The van der Waals surface area contributed by atoms with Gasteiger partial charge in [0.2, 0.25) is 0 Å². The molecular formula is C12H15F2NO3. The summed E-state index contributed by atoms with van der Waals surface area (Å²) in [5.41, 5.74) is 0.0441. The molecule has 0 radical (unpaired) electrons. The Morgan fingerprint density at radius 2 is 2.11 bits per heavy atom.